The Hall–Kier alpha value is -0.970. The molecule has 1 aliphatic rings. The summed E-state index contributed by atoms with van der Waals surface area (Å²) < 4.78 is 5.97. The second-order valence-electron chi connectivity index (χ2n) is 6.18. The first-order chi connectivity index (χ1) is 9.53. The maximum atomic E-state index is 6.15. The number of ether oxygens (including phenoxy) is 1. The van der Waals surface area contributed by atoms with E-state index in [0.717, 1.165) is 38.1 Å². The SMILES string of the molecule is CCC1(C)CC(CN)(N(C)Cc2ccccn2)CCO1. The number of hydrogen-bond acceptors (Lipinski definition) is 4. The minimum atomic E-state index is -0.0595. The third kappa shape index (κ3) is 3.19. The Balaban J connectivity index is 2.13. The summed E-state index contributed by atoms with van der Waals surface area (Å²) in [6, 6.07) is 6.05. The van der Waals surface area contributed by atoms with Gasteiger partial charge in [0.2, 0.25) is 0 Å². The highest BCUT2D eigenvalue weighted by Gasteiger charge is 2.44. The number of nitrogens with two attached hydrogens (primary N) is 1. The topological polar surface area (TPSA) is 51.4 Å². The summed E-state index contributed by atoms with van der Waals surface area (Å²) in [5, 5.41) is 0. The van der Waals surface area contributed by atoms with Crippen molar-refractivity contribution < 1.29 is 4.74 Å². The normalized spacial score (nSPS) is 30.6. The molecular weight excluding hydrogens is 250 g/mol. The third-order valence-corrected chi connectivity index (χ3v) is 4.78. The van der Waals surface area contributed by atoms with Crippen LogP contribution in [0.25, 0.3) is 0 Å². The number of rotatable bonds is 5. The van der Waals surface area contributed by atoms with E-state index < -0.39 is 0 Å². The van der Waals surface area contributed by atoms with Crippen LogP contribution < -0.4 is 5.73 Å². The van der Waals surface area contributed by atoms with Crippen molar-refractivity contribution in [1.29, 1.82) is 0 Å². The lowest BCUT2D eigenvalue weighted by Gasteiger charge is -2.50. The van der Waals surface area contributed by atoms with Gasteiger partial charge in [0.1, 0.15) is 0 Å². The van der Waals surface area contributed by atoms with Gasteiger partial charge in [0.25, 0.3) is 0 Å². The smallest absolute Gasteiger partial charge is 0.0670 e. The molecule has 2 heterocycles. The fourth-order valence-corrected chi connectivity index (χ4v) is 3.11. The third-order valence-electron chi connectivity index (χ3n) is 4.78. The monoisotopic (exact) mass is 277 g/mol. The van der Waals surface area contributed by atoms with Gasteiger partial charge in [0, 0.05) is 31.4 Å². The molecule has 2 unspecified atom stereocenters. The highest BCUT2D eigenvalue weighted by atomic mass is 16.5. The van der Waals surface area contributed by atoms with Gasteiger partial charge < -0.3 is 10.5 Å². The number of likely N-dealkylation sites (N-methyl/N-ethyl adjacent to an activating group) is 1. The minimum absolute atomic E-state index is 0.0144. The summed E-state index contributed by atoms with van der Waals surface area (Å²) >= 11 is 0. The molecule has 1 saturated heterocycles. The van der Waals surface area contributed by atoms with Crippen molar-refractivity contribution in [2.45, 2.75) is 50.8 Å². The summed E-state index contributed by atoms with van der Waals surface area (Å²) in [6.07, 6.45) is 4.84. The van der Waals surface area contributed by atoms with Gasteiger partial charge in [-0.15, -0.1) is 0 Å². The van der Waals surface area contributed by atoms with E-state index in [4.69, 9.17) is 10.5 Å². The maximum Gasteiger partial charge on any atom is 0.0670 e. The molecule has 4 heteroatoms. The number of nitrogens with zero attached hydrogens (tertiary/aromatic N) is 2. The van der Waals surface area contributed by atoms with E-state index in [1.165, 1.54) is 0 Å². The number of aromatic nitrogens is 1. The van der Waals surface area contributed by atoms with Gasteiger partial charge in [-0.2, -0.15) is 0 Å². The van der Waals surface area contributed by atoms with Crippen LogP contribution in [0.2, 0.25) is 0 Å². The van der Waals surface area contributed by atoms with E-state index in [0.29, 0.717) is 6.54 Å². The summed E-state index contributed by atoms with van der Waals surface area (Å²) in [6.45, 7) is 6.66. The second kappa shape index (κ2) is 6.20. The van der Waals surface area contributed by atoms with Crippen molar-refractivity contribution in [2.24, 2.45) is 5.73 Å². The zero-order valence-electron chi connectivity index (χ0n) is 12.9. The van der Waals surface area contributed by atoms with Crippen LogP contribution in [0.15, 0.2) is 24.4 Å². The van der Waals surface area contributed by atoms with Gasteiger partial charge in [-0.1, -0.05) is 13.0 Å². The Bertz CT molecular complexity index is 425. The maximum absolute atomic E-state index is 6.15. The predicted octanol–water partition coefficient (Wildman–Crippen LogP) is 2.19. The van der Waals surface area contributed by atoms with E-state index in [2.05, 4.69) is 36.8 Å². The molecule has 0 aromatic carbocycles. The molecule has 0 radical (unpaired) electrons. The van der Waals surface area contributed by atoms with E-state index in [9.17, 15) is 0 Å². The molecule has 0 bridgehead atoms. The first-order valence-electron chi connectivity index (χ1n) is 7.49. The molecule has 0 amide bonds. The summed E-state index contributed by atoms with van der Waals surface area (Å²) in [5.74, 6) is 0. The first kappa shape index (κ1) is 15.4. The number of hydrogen-bond donors (Lipinski definition) is 1. The predicted molar refractivity (Wildman–Crippen MR) is 81.4 cm³/mol. The average Bonchev–Trinajstić information content (AvgIpc) is 2.48. The lowest BCUT2D eigenvalue weighted by Crippen LogP contribution is -2.59. The molecule has 2 rings (SSSR count). The van der Waals surface area contributed by atoms with Crippen LogP contribution >= 0.6 is 0 Å². The zero-order valence-corrected chi connectivity index (χ0v) is 12.9. The lowest BCUT2D eigenvalue weighted by atomic mass is 9.78. The van der Waals surface area contributed by atoms with Crippen molar-refractivity contribution >= 4 is 0 Å². The van der Waals surface area contributed by atoms with Crippen LogP contribution in [0, 0.1) is 0 Å². The van der Waals surface area contributed by atoms with Crippen LogP contribution in [0.3, 0.4) is 0 Å². The summed E-state index contributed by atoms with van der Waals surface area (Å²) in [7, 11) is 2.16. The minimum Gasteiger partial charge on any atom is -0.375 e. The second-order valence-corrected chi connectivity index (χ2v) is 6.18. The van der Waals surface area contributed by atoms with Crippen LogP contribution in [0.4, 0.5) is 0 Å². The van der Waals surface area contributed by atoms with Gasteiger partial charge in [-0.25, -0.2) is 0 Å². The molecule has 2 atom stereocenters. The highest BCUT2D eigenvalue weighted by Crippen LogP contribution is 2.37. The van der Waals surface area contributed by atoms with Crippen LogP contribution in [0.5, 0.6) is 0 Å². The average molecular weight is 277 g/mol. The standard InChI is InChI=1S/C16H27N3O/c1-4-15(2)12-16(13-17,8-10-20-15)19(3)11-14-7-5-6-9-18-14/h5-7,9H,4,8,10-13,17H2,1-3H3. The fraction of sp³-hybridized carbons (Fsp3) is 0.688. The Labute approximate surface area is 122 Å². The molecule has 4 nitrogen and oxygen atoms in total. The molecular formula is C16H27N3O. The van der Waals surface area contributed by atoms with Crippen LogP contribution in [-0.4, -0.2) is 41.2 Å². The summed E-state index contributed by atoms with van der Waals surface area (Å²) in [4.78, 5) is 6.79. The molecule has 0 spiro atoms. The van der Waals surface area contributed by atoms with Crippen LogP contribution in [-0.2, 0) is 11.3 Å². The molecule has 0 saturated carbocycles. The Morgan fingerprint density at radius 3 is 2.85 bits per heavy atom. The van der Waals surface area contributed by atoms with Crippen molar-refractivity contribution in [3.8, 4) is 0 Å². The lowest BCUT2D eigenvalue weighted by molar-refractivity contribution is -0.126. The van der Waals surface area contributed by atoms with E-state index in [-0.39, 0.29) is 11.1 Å². The Morgan fingerprint density at radius 1 is 1.45 bits per heavy atom. The van der Waals surface area contributed by atoms with Gasteiger partial charge in [-0.05, 0) is 45.4 Å². The van der Waals surface area contributed by atoms with Crippen LogP contribution in [0.1, 0.15) is 38.8 Å². The van der Waals surface area contributed by atoms with Crippen molar-refractivity contribution in [3.05, 3.63) is 30.1 Å². The quantitative estimate of drug-likeness (QED) is 0.896. The summed E-state index contributed by atoms with van der Waals surface area (Å²) in [5.41, 5.74) is 7.20. The highest BCUT2D eigenvalue weighted by molar-refractivity contribution is 5.06. The Kier molecular flexibility index (Phi) is 4.78. The molecule has 2 N–H and O–H groups in total. The van der Waals surface area contributed by atoms with Gasteiger partial charge in [0.15, 0.2) is 0 Å². The van der Waals surface area contributed by atoms with E-state index in [1.807, 2.05) is 18.3 Å². The molecule has 112 valence electrons. The van der Waals surface area contributed by atoms with E-state index >= 15 is 0 Å². The largest absolute Gasteiger partial charge is 0.375 e. The van der Waals surface area contributed by atoms with Gasteiger partial charge in [-0.3, -0.25) is 9.88 Å². The molecule has 1 fully saturated rings. The molecule has 1 aromatic heterocycles. The van der Waals surface area contributed by atoms with E-state index in [1.54, 1.807) is 0 Å². The van der Waals surface area contributed by atoms with Gasteiger partial charge >= 0.3 is 0 Å². The molecule has 0 aliphatic carbocycles. The van der Waals surface area contributed by atoms with Crippen molar-refractivity contribution in [1.82, 2.24) is 9.88 Å². The zero-order chi connectivity index (χ0) is 14.6. The van der Waals surface area contributed by atoms with Gasteiger partial charge in [0.05, 0.1) is 11.3 Å². The fourth-order valence-electron chi connectivity index (χ4n) is 3.11. The molecule has 1 aromatic rings. The van der Waals surface area contributed by atoms with Crippen molar-refractivity contribution in [3.63, 3.8) is 0 Å². The molecule has 20 heavy (non-hydrogen) atoms. The van der Waals surface area contributed by atoms with Crippen molar-refractivity contribution in [2.75, 3.05) is 20.2 Å². The Morgan fingerprint density at radius 2 is 2.25 bits per heavy atom. The molecule has 1 aliphatic heterocycles. The number of pyridine rings is 1. The first-order valence-corrected chi connectivity index (χ1v) is 7.49.